The maximum absolute atomic E-state index is 12.6. The van der Waals surface area contributed by atoms with Gasteiger partial charge in [0.1, 0.15) is 0 Å². The van der Waals surface area contributed by atoms with Gasteiger partial charge in [0, 0.05) is 25.0 Å². The number of nitrogens with zero attached hydrogens (tertiary/aromatic N) is 2. The Morgan fingerprint density at radius 2 is 2.25 bits per heavy atom. The van der Waals surface area contributed by atoms with Crippen LogP contribution in [-0.4, -0.2) is 28.3 Å². The Morgan fingerprint density at radius 3 is 2.80 bits per heavy atom. The van der Waals surface area contributed by atoms with Crippen molar-refractivity contribution < 1.29 is 4.79 Å². The molecule has 112 valence electrons. The van der Waals surface area contributed by atoms with E-state index in [1.54, 1.807) is 6.20 Å². The molecule has 3 N–H and O–H groups in total. The molecule has 0 spiro atoms. The Balaban J connectivity index is 1.92. The van der Waals surface area contributed by atoms with Gasteiger partial charge in [-0.3, -0.25) is 9.48 Å². The van der Waals surface area contributed by atoms with Gasteiger partial charge in [0.15, 0.2) is 0 Å². The Labute approximate surface area is 120 Å². The first-order valence-electron chi connectivity index (χ1n) is 7.54. The van der Waals surface area contributed by atoms with Crippen molar-refractivity contribution in [2.45, 2.75) is 52.1 Å². The van der Waals surface area contributed by atoms with Crippen LogP contribution in [0.3, 0.4) is 0 Å². The van der Waals surface area contributed by atoms with Gasteiger partial charge in [0.25, 0.3) is 0 Å². The molecular weight excluding hydrogens is 252 g/mol. The molecule has 1 aromatic rings. The second-order valence-corrected chi connectivity index (χ2v) is 6.27. The largest absolute Gasteiger partial charge is 0.351 e. The van der Waals surface area contributed by atoms with Crippen LogP contribution >= 0.6 is 0 Å². The van der Waals surface area contributed by atoms with Crippen LogP contribution in [-0.2, 0) is 11.3 Å². The number of rotatable bonds is 5. The molecular formula is C15H26N4O. The molecule has 0 bridgehead atoms. The van der Waals surface area contributed by atoms with Crippen molar-refractivity contribution in [2.75, 3.05) is 6.54 Å². The molecule has 1 saturated carbocycles. The molecule has 0 radical (unpaired) electrons. The first-order chi connectivity index (χ1) is 9.55. The zero-order chi connectivity index (χ0) is 14.6. The lowest BCUT2D eigenvalue weighted by molar-refractivity contribution is -0.133. The summed E-state index contributed by atoms with van der Waals surface area (Å²) in [5.74, 6) is 0.829. The van der Waals surface area contributed by atoms with E-state index in [1.165, 1.54) is 0 Å². The number of aromatic nitrogens is 2. The van der Waals surface area contributed by atoms with Crippen LogP contribution in [0, 0.1) is 11.3 Å². The zero-order valence-corrected chi connectivity index (χ0v) is 12.5. The van der Waals surface area contributed by atoms with E-state index in [9.17, 15) is 4.79 Å². The molecule has 1 aromatic heterocycles. The van der Waals surface area contributed by atoms with Crippen LogP contribution in [0.2, 0.25) is 0 Å². The van der Waals surface area contributed by atoms with E-state index in [-0.39, 0.29) is 17.4 Å². The molecule has 1 aliphatic carbocycles. The summed E-state index contributed by atoms with van der Waals surface area (Å²) >= 11 is 0. The van der Waals surface area contributed by atoms with Crippen LogP contribution < -0.4 is 11.1 Å². The number of nitrogens with one attached hydrogen (secondary N) is 1. The van der Waals surface area contributed by atoms with Gasteiger partial charge in [-0.15, -0.1) is 0 Å². The van der Waals surface area contributed by atoms with Gasteiger partial charge < -0.3 is 11.1 Å². The summed E-state index contributed by atoms with van der Waals surface area (Å²) < 4.78 is 1.84. The minimum Gasteiger partial charge on any atom is -0.351 e. The standard InChI is InChI=1S/C15H26N4O/c1-12-4-6-15(11-16,7-5-12)14(20)18-13(2)10-19-9-3-8-17-19/h3,8-9,12-13H,4-7,10-11,16H2,1-2H3,(H,18,20). The van der Waals surface area contributed by atoms with Gasteiger partial charge in [-0.05, 0) is 44.6 Å². The van der Waals surface area contributed by atoms with E-state index >= 15 is 0 Å². The summed E-state index contributed by atoms with van der Waals surface area (Å²) in [6.07, 6.45) is 7.66. The Morgan fingerprint density at radius 1 is 1.55 bits per heavy atom. The number of nitrogens with two attached hydrogens (primary N) is 1. The normalized spacial score (nSPS) is 28.1. The van der Waals surface area contributed by atoms with Gasteiger partial charge in [-0.2, -0.15) is 5.10 Å². The highest BCUT2D eigenvalue weighted by atomic mass is 16.2. The number of carbonyl (C=O) groups is 1. The van der Waals surface area contributed by atoms with Crippen molar-refractivity contribution >= 4 is 5.91 Å². The first kappa shape index (κ1) is 15.0. The van der Waals surface area contributed by atoms with Crippen molar-refractivity contribution in [1.29, 1.82) is 0 Å². The molecule has 0 aliphatic heterocycles. The predicted octanol–water partition coefficient (Wildman–Crippen LogP) is 1.54. The molecule has 0 aromatic carbocycles. The monoisotopic (exact) mass is 278 g/mol. The smallest absolute Gasteiger partial charge is 0.227 e. The zero-order valence-electron chi connectivity index (χ0n) is 12.5. The fourth-order valence-electron chi connectivity index (χ4n) is 2.95. The van der Waals surface area contributed by atoms with Gasteiger partial charge in [0.2, 0.25) is 5.91 Å². The summed E-state index contributed by atoms with van der Waals surface area (Å²) in [5, 5.41) is 7.28. The van der Waals surface area contributed by atoms with Crippen LogP contribution in [0.4, 0.5) is 0 Å². The second-order valence-electron chi connectivity index (χ2n) is 6.27. The molecule has 1 aliphatic rings. The topological polar surface area (TPSA) is 72.9 Å². The number of hydrogen-bond donors (Lipinski definition) is 2. The maximum Gasteiger partial charge on any atom is 0.227 e. The Bertz CT molecular complexity index is 421. The SMILES string of the molecule is CC1CCC(CN)(C(=O)NC(C)Cn2cccn2)CC1. The van der Waals surface area contributed by atoms with E-state index in [4.69, 9.17) is 5.73 Å². The highest BCUT2D eigenvalue weighted by Gasteiger charge is 2.40. The molecule has 0 saturated heterocycles. The van der Waals surface area contributed by atoms with E-state index in [2.05, 4.69) is 17.3 Å². The minimum atomic E-state index is -0.356. The van der Waals surface area contributed by atoms with Gasteiger partial charge in [0.05, 0.1) is 12.0 Å². The van der Waals surface area contributed by atoms with E-state index in [1.807, 2.05) is 23.9 Å². The summed E-state index contributed by atoms with van der Waals surface area (Å²) in [5.41, 5.74) is 5.56. The minimum absolute atomic E-state index is 0.0603. The Kier molecular flexibility index (Phi) is 4.81. The highest BCUT2D eigenvalue weighted by Crippen LogP contribution is 2.38. The molecule has 1 unspecified atom stereocenters. The van der Waals surface area contributed by atoms with Crippen molar-refractivity contribution in [3.05, 3.63) is 18.5 Å². The quantitative estimate of drug-likeness (QED) is 0.858. The average molecular weight is 278 g/mol. The van der Waals surface area contributed by atoms with Crippen molar-refractivity contribution in [3.63, 3.8) is 0 Å². The lowest BCUT2D eigenvalue weighted by Gasteiger charge is -2.37. The van der Waals surface area contributed by atoms with Gasteiger partial charge in [-0.1, -0.05) is 6.92 Å². The lowest BCUT2D eigenvalue weighted by Crippen LogP contribution is -2.51. The summed E-state index contributed by atoms with van der Waals surface area (Å²) in [6.45, 7) is 5.39. The molecule has 1 atom stereocenters. The summed E-state index contributed by atoms with van der Waals surface area (Å²) in [7, 11) is 0. The summed E-state index contributed by atoms with van der Waals surface area (Å²) in [6, 6.07) is 1.95. The van der Waals surface area contributed by atoms with E-state index in [0.29, 0.717) is 19.0 Å². The molecule has 1 heterocycles. The predicted molar refractivity (Wildman–Crippen MR) is 79.0 cm³/mol. The third-order valence-electron chi connectivity index (χ3n) is 4.50. The number of hydrogen-bond acceptors (Lipinski definition) is 3. The van der Waals surface area contributed by atoms with Crippen molar-refractivity contribution in [2.24, 2.45) is 17.1 Å². The van der Waals surface area contributed by atoms with Crippen LogP contribution in [0.25, 0.3) is 0 Å². The molecule has 5 nitrogen and oxygen atoms in total. The maximum atomic E-state index is 12.6. The number of carbonyl (C=O) groups excluding carboxylic acids is 1. The lowest BCUT2D eigenvalue weighted by atomic mass is 9.70. The van der Waals surface area contributed by atoms with Crippen LogP contribution in [0.5, 0.6) is 0 Å². The Hall–Kier alpha value is -1.36. The highest BCUT2D eigenvalue weighted by molar-refractivity contribution is 5.83. The van der Waals surface area contributed by atoms with E-state index < -0.39 is 0 Å². The third-order valence-corrected chi connectivity index (χ3v) is 4.50. The molecule has 20 heavy (non-hydrogen) atoms. The number of amides is 1. The van der Waals surface area contributed by atoms with Crippen molar-refractivity contribution in [3.8, 4) is 0 Å². The van der Waals surface area contributed by atoms with Crippen LogP contribution in [0.1, 0.15) is 39.5 Å². The molecule has 5 heteroatoms. The first-order valence-corrected chi connectivity index (χ1v) is 7.54. The molecule has 1 fully saturated rings. The van der Waals surface area contributed by atoms with Gasteiger partial charge >= 0.3 is 0 Å². The molecule has 2 rings (SSSR count). The fourth-order valence-corrected chi connectivity index (χ4v) is 2.95. The third kappa shape index (κ3) is 3.39. The van der Waals surface area contributed by atoms with Crippen molar-refractivity contribution in [1.82, 2.24) is 15.1 Å². The van der Waals surface area contributed by atoms with E-state index in [0.717, 1.165) is 25.7 Å². The average Bonchev–Trinajstić information content (AvgIpc) is 2.92. The second kappa shape index (κ2) is 6.39. The summed E-state index contributed by atoms with van der Waals surface area (Å²) in [4.78, 5) is 12.6. The van der Waals surface area contributed by atoms with Crippen LogP contribution in [0.15, 0.2) is 18.5 Å². The molecule has 1 amide bonds. The fraction of sp³-hybridized carbons (Fsp3) is 0.733. The van der Waals surface area contributed by atoms with Gasteiger partial charge in [-0.25, -0.2) is 0 Å².